The molecule has 13 heavy (non-hydrogen) atoms. The number of hydrogen-bond acceptors (Lipinski definition) is 2. The first kappa shape index (κ1) is 11.2. The van der Waals surface area contributed by atoms with Crippen molar-refractivity contribution in [1.82, 2.24) is 5.32 Å². The van der Waals surface area contributed by atoms with Crippen molar-refractivity contribution in [1.29, 1.82) is 0 Å². The average molecular weight is 222 g/mol. The summed E-state index contributed by atoms with van der Waals surface area (Å²) in [6, 6.07) is 0. The van der Waals surface area contributed by atoms with Gasteiger partial charge in [-0.25, -0.2) is 0 Å². The van der Waals surface area contributed by atoms with Gasteiger partial charge in [0.15, 0.2) is 0 Å². The Labute approximate surface area is 88.8 Å². The summed E-state index contributed by atoms with van der Waals surface area (Å²) in [6.07, 6.45) is 5.25. The molecule has 1 N–H and O–H groups in total. The molecule has 0 bridgehead atoms. The molecule has 0 heterocycles. The lowest BCUT2D eigenvalue weighted by Crippen LogP contribution is -2.29. The van der Waals surface area contributed by atoms with Gasteiger partial charge in [-0.15, -0.1) is 11.6 Å². The molecule has 2 atom stereocenters. The maximum Gasteiger partial charge on any atom is 0.229 e. The van der Waals surface area contributed by atoms with E-state index in [9.17, 15) is 4.79 Å². The Hall–Kier alpha value is 0.110. The van der Waals surface area contributed by atoms with Crippen LogP contribution in [0.25, 0.3) is 0 Å². The summed E-state index contributed by atoms with van der Waals surface area (Å²) in [6.45, 7) is 0.808. The van der Waals surface area contributed by atoms with Crippen molar-refractivity contribution >= 4 is 29.3 Å². The summed E-state index contributed by atoms with van der Waals surface area (Å²) >= 11 is 7.52. The molecule has 0 spiro atoms. The predicted molar refractivity (Wildman–Crippen MR) is 58.4 cm³/mol. The maximum atomic E-state index is 11.1. The number of carbonyl (C=O) groups is 1. The second-order valence-electron chi connectivity index (χ2n) is 3.51. The fourth-order valence-corrected chi connectivity index (χ4v) is 2.38. The van der Waals surface area contributed by atoms with Crippen molar-refractivity contribution in [3.63, 3.8) is 0 Å². The van der Waals surface area contributed by atoms with Crippen LogP contribution in [0.4, 0.5) is 0 Å². The molecule has 0 aromatic rings. The third-order valence-corrected chi connectivity index (χ3v) is 3.29. The third-order valence-electron chi connectivity index (χ3n) is 2.34. The van der Waals surface area contributed by atoms with Crippen molar-refractivity contribution in [2.24, 2.45) is 5.92 Å². The number of alkyl halides is 1. The zero-order valence-corrected chi connectivity index (χ0v) is 9.46. The molecule has 0 radical (unpaired) electrons. The minimum atomic E-state index is 0.144. The Morgan fingerprint density at radius 2 is 2.38 bits per heavy atom. The Morgan fingerprint density at radius 1 is 1.62 bits per heavy atom. The average Bonchev–Trinajstić information content (AvgIpc) is 2.49. The SMILES string of the molecule is CSCC(=O)NCC1CCC(Cl)C1. The van der Waals surface area contributed by atoms with E-state index in [2.05, 4.69) is 5.32 Å². The number of carbonyl (C=O) groups excluding carboxylic acids is 1. The normalized spacial score (nSPS) is 27.5. The number of thioether (sulfide) groups is 1. The largest absolute Gasteiger partial charge is 0.355 e. The molecule has 2 nitrogen and oxygen atoms in total. The molecule has 2 unspecified atom stereocenters. The summed E-state index contributed by atoms with van der Waals surface area (Å²) in [5.41, 5.74) is 0. The van der Waals surface area contributed by atoms with Gasteiger partial charge >= 0.3 is 0 Å². The molecular formula is C9H16ClNOS. The monoisotopic (exact) mass is 221 g/mol. The quantitative estimate of drug-likeness (QED) is 0.735. The van der Waals surface area contributed by atoms with Gasteiger partial charge in [0.05, 0.1) is 5.75 Å². The van der Waals surface area contributed by atoms with Gasteiger partial charge in [0.2, 0.25) is 5.91 Å². The fraction of sp³-hybridized carbons (Fsp3) is 0.889. The molecule has 0 aliphatic heterocycles. The van der Waals surface area contributed by atoms with E-state index in [4.69, 9.17) is 11.6 Å². The van der Waals surface area contributed by atoms with Crippen molar-refractivity contribution in [3.05, 3.63) is 0 Å². The molecule has 1 fully saturated rings. The van der Waals surface area contributed by atoms with Crippen molar-refractivity contribution in [3.8, 4) is 0 Å². The summed E-state index contributed by atoms with van der Waals surface area (Å²) in [5.74, 6) is 1.32. The van der Waals surface area contributed by atoms with Crippen LogP contribution in [0.15, 0.2) is 0 Å². The van der Waals surface area contributed by atoms with E-state index in [-0.39, 0.29) is 5.91 Å². The molecule has 1 amide bonds. The molecule has 1 aliphatic carbocycles. The molecule has 76 valence electrons. The van der Waals surface area contributed by atoms with E-state index in [1.807, 2.05) is 6.26 Å². The Balaban J connectivity index is 2.09. The first-order valence-corrected chi connectivity index (χ1v) is 6.45. The standard InChI is InChI=1S/C9H16ClNOS/c1-13-6-9(12)11-5-7-2-3-8(10)4-7/h7-8H,2-6H2,1H3,(H,11,12). The van der Waals surface area contributed by atoms with Crippen molar-refractivity contribution in [2.45, 2.75) is 24.6 Å². The van der Waals surface area contributed by atoms with E-state index in [0.29, 0.717) is 17.0 Å². The molecular weight excluding hydrogens is 206 g/mol. The lowest BCUT2D eigenvalue weighted by molar-refractivity contribution is -0.118. The summed E-state index contributed by atoms with van der Waals surface area (Å²) in [7, 11) is 0. The highest BCUT2D eigenvalue weighted by Crippen LogP contribution is 2.28. The Bertz CT molecular complexity index is 177. The van der Waals surface area contributed by atoms with Gasteiger partial charge in [0.1, 0.15) is 0 Å². The van der Waals surface area contributed by atoms with E-state index >= 15 is 0 Å². The highest BCUT2D eigenvalue weighted by molar-refractivity contribution is 7.99. The molecule has 0 aromatic heterocycles. The van der Waals surface area contributed by atoms with Crippen LogP contribution in [0.5, 0.6) is 0 Å². The smallest absolute Gasteiger partial charge is 0.229 e. The Kier molecular flexibility index (Phi) is 4.96. The number of rotatable bonds is 4. The molecule has 1 rings (SSSR count). The lowest BCUT2D eigenvalue weighted by atomic mass is 10.1. The van der Waals surface area contributed by atoms with Gasteiger partial charge in [0, 0.05) is 11.9 Å². The topological polar surface area (TPSA) is 29.1 Å². The van der Waals surface area contributed by atoms with E-state index < -0.39 is 0 Å². The van der Waals surface area contributed by atoms with Gasteiger partial charge in [0.25, 0.3) is 0 Å². The molecule has 4 heteroatoms. The second kappa shape index (κ2) is 5.76. The summed E-state index contributed by atoms with van der Waals surface area (Å²) in [4.78, 5) is 11.1. The van der Waals surface area contributed by atoms with Gasteiger partial charge in [-0.2, -0.15) is 11.8 Å². The van der Waals surface area contributed by atoms with Gasteiger partial charge in [-0.1, -0.05) is 0 Å². The van der Waals surface area contributed by atoms with Crippen LogP contribution >= 0.6 is 23.4 Å². The van der Waals surface area contributed by atoms with Gasteiger partial charge < -0.3 is 5.32 Å². The van der Waals surface area contributed by atoms with Gasteiger partial charge in [-0.05, 0) is 31.4 Å². The third kappa shape index (κ3) is 4.23. The lowest BCUT2D eigenvalue weighted by Gasteiger charge is -2.09. The number of hydrogen-bond donors (Lipinski definition) is 1. The second-order valence-corrected chi connectivity index (χ2v) is 5.00. The number of amides is 1. The zero-order valence-electron chi connectivity index (χ0n) is 7.88. The van der Waals surface area contributed by atoms with Crippen LogP contribution in [0.2, 0.25) is 0 Å². The molecule has 0 aromatic carbocycles. The van der Waals surface area contributed by atoms with Crippen LogP contribution in [-0.2, 0) is 4.79 Å². The highest BCUT2D eigenvalue weighted by Gasteiger charge is 2.22. The maximum absolute atomic E-state index is 11.1. The van der Waals surface area contributed by atoms with Crippen LogP contribution in [0, 0.1) is 5.92 Å². The fourth-order valence-electron chi connectivity index (χ4n) is 1.64. The van der Waals surface area contributed by atoms with Crippen molar-refractivity contribution < 1.29 is 4.79 Å². The van der Waals surface area contributed by atoms with Crippen LogP contribution in [-0.4, -0.2) is 29.8 Å². The van der Waals surface area contributed by atoms with E-state index in [1.54, 1.807) is 11.8 Å². The van der Waals surface area contributed by atoms with E-state index in [0.717, 1.165) is 25.8 Å². The number of halogens is 1. The summed E-state index contributed by atoms with van der Waals surface area (Å²) < 4.78 is 0. The van der Waals surface area contributed by atoms with Crippen LogP contribution in [0.1, 0.15) is 19.3 Å². The van der Waals surface area contributed by atoms with Crippen LogP contribution < -0.4 is 5.32 Å². The molecule has 0 saturated heterocycles. The van der Waals surface area contributed by atoms with E-state index in [1.165, 1.54) is 0 Å². The molecule has 1 saturated carbocycles. The predicted octanol–water partition coefficient (Wildman–Crippen LogP) is 1.87. The zero-order chi connectivity index (χ0) is 9.68. The molecule has 1 aliphatic rings. The highest BCUT2D eigenvalue weighted by atomic mass is 35.5. The van der Waals surface area contributed by atoms with Gasteiger partial charge in [-0.3, -0.25) is 4.79 Å². The first-order valence-electron chi connectivity index (χ1n) is 4.62. The summed E-state index contributed by atoms with van der Waals surface area (Å²) in [5, 5.41) is 3.26. The first-order chi connectivity index (χ1) is 6.22. The minimum absolute atomic E-state index is 0.144. The minimum Gasteiger partial charge on any atom is -0.355 e. The van der Waals surface area contributed by atoms with Crippen molar-refractivity contribution in [2.75, 3.05) is 18.6 Å². The van der Waals surface area contributed by atoms with Crippen LogP contribution in [0.3, 0.4) is 0 Å². The Morgan fingerprint density at radius 3 is 2.92 bits per heavy atom. The number of nitrogens with one attached hydrogen (secondary N) is 1.